The third-order valence-electron chi connectivity index (χ3n) is 3.47. The van der Waals surface area contributed by atoms with Gasteiger partial charge in [0, 0.05) is 10.2 Å². The van der Waals surface area contributed by atoms with Crippen molar-refractivity contribution in [2.45, 2.75) is 38.7 Å². The van der Waals surface area contributed by atoms with Crippen molar-refractivity contribution in [2.24, 2.45) is 5.92 Å². The van der Waals surface area contributed by atoms with Crippen molar-refractivity contribution in [3.05, 3.63) is 28.2 Å². The van der Waals surface area contributed by atoms with Gasteiger partial charge in [-0.3, -0.25) is 0 Å². The Labute approximate surface area is 116 Å². The second-order valence-corrected chi connectivity index (χ2v) is 5.93. The quantitative estimate of drug-likeness (QED) is 0.668. The smallest absolute Gasteiger partial charge is 0.340 e. The number of carbonyl (C=O) groups is 1. The number of benzene rings is 1. The summed E-state index contributed by atoms with van der Waals surface area (Å²) in [5.41, 5.74) is 6.73. The number of nitrogen functional groups attached to an aromatic ring is 1. The Kier molecular flexibility index (Phi) is 4.27. The maximum absolute atomic E-state index is 12.0. The minimum Gasteiger partial charge on any atom is -0.459 e. The molecule has 0 atom stereocenters. The van der Waals surface area contributed by atoms with Gasteiger partial charge in [0.2, 0.25) is 0 Å². The van der Waals surface area contributed by atoms with Gasteiger partial charge in [-0.05, 0) is 49.8 Å². The lowest BCUT2D eigenvalue weighted by Gasteiger charge is -2.26. The van der Waals surface area contributed by atoms with Gasteiger partial charge in [-0.2, -0.15) is 0 Å². The molecular formula is C14H18BrNO2. The summed E-state index contributed by atoms with van der Waals surface area (Å²) in [6.07, 6.45) is 4.24. The highest BCUT2D eigenvalue weighted by molar-refractivity contribution is 9.10. The van der Waals surface area contributed by atoms with Crippen molar-refractivity contribution in [3.63, 3.8) is 0 Å². The van der Waals surface area contributed by atoms with E-state index in [1.807, 2.05) is 0 Å². The normalized spacial score (nSPS) is 23.7. The van der Waals surface area contributed by atoms with E-state index in [1.165, 1.54) is 0 Å². The molecule has 0 unspecified atom stereocenters. The number of nitrogens with two attached hydrogens (primary N) is 1. The average Bonchev–Trinajstić information content (AvgIpc) is 2.32. The fourth-order valence-electron chi connectivity index (χ4n) is 2.28. The van der Waals surface area contributed by atoms with Crippen LogP contribution >= 0.6 is 15.9 Å². The van der Waals surface area contributed by atoms with E-state index in [-0.39, 0.29) is 12.1 Å². The third kappa shape index (κ3) is 3.25. The minimum atomic E-state index is -0.306. The van der Waals surface area contributed by atoms with E-state index in [1.54, 1.807) is 18.2 Å². The van der Waals surface area contributed by atoms with E-state index in [2.05, 4.69) is 22.9 Å². The maximum Gasteiger partial charge on any atom is 0.340 e. The summed E-state index contributed by atoms with van der Waals surface area (Å²) in [7, 11) is 0. The monoisotopic (exact) mass is 311 g/mol. The molecule has 0 saturated heterocycles. The van der Waals surface area contributed by atoms with Gasteiger partial charge in [-0.15, -0.1) is 0 Å². The third-order valence-corrected chi connectivity index (χ3v) is 3.96. The summed E-state index contributed by atoms with van der Waals surface area (Å²) in [5.74, 6) is 0.442. The fourth-order valence-corrected chi connectivity index (χ4v) is 2.66. The van der Waals surface area contributed by atoms with Crippen LogP contribution in [0.25, 0.3) is 0 Å². The van der Waals surface area contributed by atoms with Crippen LogP contribution in [-0.4, -0.2) is 12.1 Å². The number of hydrogen-bond acceptors (Lipinski definition) is 3. The summed E-state index contributed by atoms with van der Waals surface area (Å²) >= 11 is 3.32. The van der Waals surface area contributed by atoms with Gasteiger partial charge in [0.25, 0.3) is 0 Å². The highest BCUT2D eigenvalue weighted by atomic mass is 79.9. The van der Waals surface area contributed by atoms with Gasteiger partial charge in [-0.25, -0.2) is 4.79 Å². The molecule has 1 fully saturated rings. The fraction of sp³-hybridized carbons (Fsp3) is 0.500. The van der Waals surface area contributed by atoms with Crippen LogP contribution in [0.2, 0.25) is 0 Å². The molecule has 0 bridgehead atoms. The highest BCUT2D eigenvalue weighted by Crippen LogP contribution is 2.27. The van der Waals surface area contributed by atoms with Gasteiger partial charge in [0.05, 0.1) is 5.56 Å². The second-order valence-electron chi connectivity index (χ2n) is 5.02. The first-order chi connectivity index (χ1) is 8.56. The Balaban J connectivity index is 1.99. The molecule has 0 heterocycles. The first-order valence-corrected chi connectivity index (χ1v) is 7.11. The Bertz CT molecular complexity index is 439. The second kappa shape index (κ2) is 5.74. The SMILES string of the molecule is CC1CCC(OC(=O)c2ccc(Br)cc2N)CC1. The number of rotatable bonds is 2. The number of anilines is 1. The van der Waals surface area contributed by atoms with Crippen LogP contribution in [0.15, 0.2) is 22.7 Å². The summed E-state index contributed by atoms with van der Waals surface area (Å²) in [5, 5.41) is 0. The Morgan fingerprint density at radius 1 is 1.33 bits per heavy atom. The van der Waals surface area contributed by atoms with Crippen molar-refractivity contribution in [1.29, 1.82) is 0 Å². The number of carbonyl (C=O) groups excluding carboxylic acids is 1. The van der Waals surface area contributed by atoms with Crippen molar-refractivity contribution in [3.8, 4) is 0 Å². The molecule has 98 valence electrons. The molecule has 0 aliphatic heterocycles. The summed E-state index contributed by atoms with van der Waals surface area (Å²) in [6.45, 7) is 2.24. The zero-order chi connectivity index (χ0) is 13.1. The van der Waals surface area contributed by atoms with Crippen LogP contribution in [0.3, 0.4) is 0 Å². The summed E-state index contributed by atoms with van der Waals surface area (Å²) in [6, 6.07) is 5.22. The maximum atomic E-state index is 12.0. The number of hydrogen-bond donors (Lipinski definition) is 1. The van der Waals surface area contributed by atoms with Gasteiger partial charge < -0.3 is 10.5 Å². The number of esters is 1. The lowest BCUT2D eigenvalue weighted by molar-refractivity contribution is 0.0175. The van der Waals surface area contributed by atoms with Crippen molar-refractivity contribution >= 4 is 27.6 Å². The van der Waals surface area contributed by atoms with Gasteiger partial charge in [0.1, 0.15) is 6.10 Å². The molecule has 3 nitrogen and oxygen atoms in total. The van der Waals surface area contributed by atoms with Crippen molar-refractivity contribution < 1.29 is 9.53 Å². The zero-order valence-electron chi connectivity index (χ0n) is 10.5. The van der Waals surface area contributed by atoms with Gasteiger partial charge in [0.15, 0.2) is 0 Å². The lowest BCUT2D eigenvalue weighted by Crippen LogP contribution is -2.24. The zero-order valence-corrected chi connectivity index (χ0v) is 12.1. The molecule has 1 aliphatic rings. The molecular weight excluding hydrogens is 294 g/mol. The van der Waals surface area contributed by atoms with E-state index in [0.29, 0.717) is 11.3 Å². The van der Waals surface area contributed by atoms with Gasteiger partial charge in [-0.1, -0.05) is 22.9 Å². The van der Waals surface area contributed by atoms with Crippen LogP contribution in [0.5, 0.6) is 0 Å². The molecule has 18 heavy (non-hydrogen) atoms. The van der Waals surface area contributed by atoms with Crippen LogP contribution in [0, 0.1) is 5.92 Å². The molecule has 1 aromatic carbocycles. The molecule has 1 saturated carbocycles. The predicted molar refractivity (Wildman–Crippen MR) is 75.4 cm³/mol. The Hall–Kier alpha value is -1.03. The van der Waals surface area contributed by atoms with Gasteiger partial charge >= 0.3 is 5.97 Å². The minimum absolute atomic E-state index is 0.0525. The highest BCUT2D eigenvalue weighted by Gasteiger charge is 2.22. The number of halogens is 1. The first kappa shape index (κ1) is 13.4. The van der Waals surface area contributed by atoms with E-state index in [0.717, 1.165) is 36.1 Å². The first-order valence-electron chi connectivity index (χ1n) is 6.32. The Morgan fingerprint density at radius 3 is 2.61 bits per heavy atom. The van der Waals surface area contributed by atoms with Crippen LogP contribution < -0.4 is 5.73 Å². The molecule has 0 aromatic heterocycles. The number of ether oxygens (including phenoxy) is 1. The molecule has 4 heteroatoms. The largest absolute Gasteiger partial charge is 0.459 e. The summed E-state index contributed by atoms with van der Waals surface area (Å²) < 4.78 is 6.38. The molecule has 0 radical (unpaired) electrons. The van der Waals surface area contributed by atoms with E-state index in [4.69, 9.17) is 10.5 Å². The Morgan fingerprint density at radius 2 is 2.00 bits per heavy atom. The van der Waals surface area contributed by atoms with Crippen LogP contribution in [-0.2, 0) is 4.74 Å². The lowest BCUT2D eigenvalue weighted by atomic mass is 9.89. The van der Waals surface area contributed by atoms with Crippen molar-refractivity contribution in [2.75, 3.05) is 5.73 Å². The molecule has 0 spiro atoms. The van der Waals surface area contributed by atoms with E-state index in [9.17, 15) is 4.79 Å². The van der Waals surface area contributed by atoms with E-state index >= 15 is 0 Å². The standard InChI is InChI=1S/C14H18BrNO2/c1-9-2-5-11(6-3-9)18-14(17)12-7-4-10(15)8-13(12)16/h4,7-9,11H,2-3,5-6,16H2,1H3. The molecule has 1 aromatic rings. The van der Waals surface area contributed by atoms with E-state index < -0.39 is 0 Å². The molecule has 2 N–H and O–H groups in total. The van der Waals surface area contributed by atoms with Crippen LogP contribution in [0.4, 0.5) is 5.69 Å². The summed E-state index contributed by atoms with van der Waals surface area (Å²) in [4.78, 5) is 12.0. The molecule has 0 amide bonds. The predicted octanol–water partition coefficient (Wildman–Crippen LogP) is 3.77. The molecule has 2 rings (SSSR count). The topological polar surface area (TPSA) is 52.3 Å². The average molecular weight is 312 g/mol. The van der Waals surface area contributed by atoms with Crippen LogP contribution in [0.1, 0.15) is 43.0 Å². The van der Waals surface area contributed by atoms with Crippen molar-refractivity contribution in [1.82, 2.24) is 0 Å². The molecule has 1 aliphatic carbocycles.